The van der Waals surface area contributed by atoms with Crippen LogP contribution in [0.5, 0.6) is 5.75 Å². The molecule has 3 rings (SSSR count). The van der Waals surface area contributed by atoms with Crippen molar-refractivity contribution in [2.24, 2.45) is 0 Å². The first-order valence-electron chi connectivity index (χ1n) is 8.35. The maximum absolute atomic E-state index is 5.96. The molecule has 0 atom stereocenters. The number of hydrogen-bond donors (Lipinski definition) is 1. The fraction of sp³-hybridized carbons (Fsp3) is 0.238. The van der Waals surface area contributed by atoms with Crippen LogP contribution >= 0.6 is 15.9 Å². The normalized spacial score (nSPS) is 10.8. The summed E-state index contributed by atoms with van der Waals surface area (Å²) in [4.78, 5) is 0. The number of methoxy groups -OCH3 is 1. The smallest absolute Gasteiger partial charge is 0.134 e. The number of para-hydroxylation sites is 1. The molecule has 1 heterocycles. The fourth-order valence-electron chi connectivity index (χ4n) is 2.77. The number of benzene rings is 2. The minimum absolute atomic E-state index is 0.713. The molecule has 3 aromatic rings. The molecule has 0 saturated carbocycles. The van der Waals surface area contributed by atoms with Crippen LogP contribution in [-0.2, 0) is 13.0 Å². The van der Waals surface area contributed by atoms with Gasteiger partial charge in [0.25, 0.3) is 0 Å². The lowest BCUT2D eigenvalue weighted by atomic mass is 10.1. The minimum Gasteiger partial charge on any atom is -0.496 e. The standard InChI is InChI=1S/C21H22BrNO2/c1-15-13-17(7-9-19(15)22)21-10-8-18(25-21)14-23-12-11-16-5-3-4-6-20(16)24-2/h3-10,13,23H,11-12,14H2,1-2H3. The van der Waals surface area contributed by atoms with Crippen molar-refractivity contribution in [2.75, 3.05) is 13.7 Å². The molecule has 4 heteroatoms. The zero-order valence-corrected chi connectivity index (χ0v) is 16.1. The molecular formula is C21H22BrNO2. The van der Waals surface area contributed by atoms with Gasteiger partial charge in [0.15, 0.2) is 0 Å². The summed E-state index contributed by atoms with van der Waals surface area (Å²) in [5.41, 5.74) is 3.51. The van der Waals surface area contributed by atoms with Crippen LogP contribution in [0.2, 0.25) is 0 Å². The summed E-state index contributed by atoms with van der Waals surface area (Å²) in [6.07, 6.45) is 0.920. The second-order valence-electron chi connectivity index (χ2n) is 5.97. The van der Waals surface area contributed by atoms with Gasteiger partial charge < -0.3 is 14.5 Å². The molecule has 0 bridgehead atoms. The Balaban J connectivity index is 1.54. The molecule has 2 aromatic carbocycles. The summed E-state index contributed by atoms with van der Waals surface area (Å²) >= 11 is 3.53. The monoisotopic (exact) mass is 399 g/mol. The largest absolute Gasteiger partial charge is 0.496 e. The molecule has 1 aromatic heterocycles. The Morgan fingerprint density at radius 2 is 1.92 bits per heavy atom. The molecule has 130 valence electrons. The van der Waals surface area contributed by atoms with Crippen molar-refractivity contribution in [1.82, 2.24) is 5.32 Å². The topological polar surface area (TPSA) is 34.4 Å². The molecule has 0 aliphatic carbocycles. The van der Waals surface area contributed by atoms with Crippen LogP contribution in [0.15, 0.2) is 63.5 Å². The summed E-state index contributed by atoms with van der Waals surface area (Å²) in [5, 5.41) is 3.43. The summed E-state index contributed by atoms with van der Waals surface area (Å²) in [5.74, 6) is 2.78. The predicted octanol–water partition coefficient (Wildman–Crippen LogP) is 5.36. The highest BCUT2D eigenvalue weighted by atomic mass is 79.9. The molecule has 0 fully saturated rings. The Hall–Kier alpha value is -2.04. The summed E-state index contributed by atoms with van der Waals surface area (Å²) in [6.45, 7) is 3.66. The molecule has 0 radical (unpaired) electrons. The SMILES string of the molecule is COc1ccccc1CCNCc1ccc(-c2ccc(Br)c(C)c2)o1. The van der Waals surface area contributed by atoms with E-state index in [1.165, 1.54) is 11.1 Å². The van der Waals surface area contributed by atoms with E-state index in [1.54, 1.807) is 7.11 Å². The molecule has 0 aliphatic rings. The Kier molecular flexibility index (Phi) is 5.95. The first-order chi connectivity index (χ1) is 12.2. The lowest BCUT2D eigenvalue weighted by molar-refractivity contribution is 0.408. The first kappa shape index (κ1) is 17.8. The number of ether oxygens (including phenoxy) is 1. The van der Waals surface area contributed by atoms with Crippen molar-refractivity contribution in [3.8, 4) is 17.1 Å². The van der Waals surface area contributed by atoms with E-state index in [0.717, 1.165) is 40.3 Å². The van der Waals surface area contributed by atoms with Gasteiger partial charge in [-0.3, -0.25) is 0 Å². The van der Waals surface area contributed by atoms with Crippen LogP contribution in [0.4, 0.5) is 0 Å². The van der Waals surface area contributed by atoms with Crippen LogP contribution in [0.3, 0.4) is 0 Å². The first-order valence-corrected chi connectivity index (χ1v) is 9.14. The van der Waals surface area contributed by atoms with Crippen molar-refractivity contribution in [2.45, 2.75) is 19.9 Å². The molecule has 0 aliphatic heterocycles. The van der Waals surface area contributed by atoms with Gasteiger partial charge in [-0.1, -0.05) is 40.2 Å². The number of halogens is 1. The van der Waals surface area contributed by atoms with Crippen molar-refractivity contribution < 1.29 is 9.15 Å². The summed E-state index contributed by atoms with van der Waals surface area (Å²) in [7, 11) is 1.71. The molecule has 0 unspecified atom stereocenters. The summed E-state index contributed by atoms with van der Waals surface area (Å²) < 4.78 is 12.5. The summed E-state index contributed by atoms with van der Waals surface area (Å²) in [6, 6.07) is 18.4. The van der Waals surface area contributed by atoms with Gasteiger partial charge in [0.1, 0.15) is 17.3 Å². The van der Waals surface area contributed by atoms with Gasteiger partial charge >= 0.3 is 0 Å². The highest BCUT2D eigenvalue weighted by molar-refractivity contribution is 9.10. The van der Waals surface area contributed by atoms with Crippen molar-refractivity contribution in [3.05, 3.63) is 76.0 Å². The van der Waals surface area contributed by atoms with E-state index in [-0.39, 0.29) is 0 Å². The fourth-order valence-corrected chi connectivity index (χ4v) is 3.02. The number of rotatable bonds is 7. The van der Waals surface area contributed by atoms with Crippen LogP contribution in [0.25, 0.3) is 11.3 Å². The predicted molar refractivity (Wildman–Crippen MR) is 105 cm³/mol. The average Bonchev–Trinajstić information content (AvgIpc) is 3.10. The third-order valence-corrected chi connectivity index (χ3v) is 5.06. The van der Waals surface area contributed by atoms with E-state index in [1.807, 2.05) is 30.3 Å². The van der Waals surface area contributed by atoms with E-state index in [9.17, 15) is 0 Å². The lowest BCUT2D eigenvalue weighted by Gasteiger charge is -2.08. The number of furan rings is 1. The number of nitrogens with one attached hydrogen (secondary N) is 1. The van der Waals surface area contributed by atoms with Gasteiger partial charge in [-0.15, -0.1) is 0 Å². The van der Waals surface area contributed by atoms with Crippen LogP contribution in [0.1, 0.15) is 16.9 Å². The van der Waals surface area contributed by atoms with E-state index in [0.29, 0.717) is 6.54 Å². The van der Waals surface area contributed by atoms with Gasteiger partial charge in [-0.25, -0.2) is 0 Å². The van der Waals surface area contributed by atoms with E-state index >= 15 is 0 Å². The van der Waals surface area contributed by atoms with Crippen LogP contribution in [-0.4, -0.2) is 13.7 Å². The highest BCUT2D eigenvalue weighted by Gasteiger charge is 2.07. The molecule has 0 amide bonds. The molecule has 0 saturated heterocycles. The highest BCUT2D eigenvalue weighted by Crippen LogP contribution is 2.26. The van der Waals surface area contributed by atoms with Crippen molar-refractivity contribution in [3.63, 3.8) is 0 Å². The molecule has 25 heavy (non-hydrogen) atoms. The Morgan fingerprint density at radius 3 is 2.72 bits per heavy atom. The van der Waals surface area contributed by atoms with E-state index in [2.05, 4.69) is 52.4 Å². The maximum atomic E-state index is 5.96. The average molecular weight is 400 g/mol. The Morgan fingerprint density at radius 1 is 1.08 bits per heavy atom. The van der Waals surface area contributed by atoms with Crippen molar-refractivity contribution in [1.29, 1.82) is 0 Å². The second-order valence-corrected chi connectivity index (χ2v) is 6.82. The van der Waals surface area contributed by atoms with Gasteiger partial charge in [-0.2, -0.15) is 0 Å². The second kappa shape index (κ2) is 8.37. The van der Waals surface area contributed by atoms with Crippen LogP contribution in [0, 0.1) is 6.92 Å². The van der Waals surface area contributed by atoms with Gasteiger partial charge in [0, 0.05) is 10.0 Å². The molecular weight excluding hydrogens is 378 g/mol. The van der Waals surface area contributed by atoms with Crippen molar-refractivity contribution >= 4 is 15.9 Å². The van der Waals surface area contributed by atoms with Gasteiger partial charge in [0.05, 0.1) is 13.7 Å². The van der Waals surface area contributed by atoms with Gasteiger partial charge in [0.2, 0.25) is 0 Å². The van der Waals surface area contributed by atoms with E-state index in [4.69, 9.17) is 9.15 Å². The lowest BCUT2D eigenvalue weighted by Crippen LogP contribution is -2.16. The molecule has 1 N–H and O–H groups in total. The molecule has 3 nitrogen and oxygen atoms in total. The zero-order chi connectivity index (χ0) is 17.6. The molecule has 0 spiro atoms. The third kappa shape index (κ3) is 4.53. The Labute approximate surface area is 157 Å². The number of aryl methyl sites for hydroxylation is 1. The van der Waals surface area contributed by atoms with Gasteiger partial charge in [-0.05, 0) is 61.3 Å². The maximum Gasteiger partial charge on any atom is 0.134 e. The quantitative estimate of drug-likeness (QED) is 0.543. The third-order valence-electron chi connectivity index (χ3n) is 4.17. The zero-order valence-electron chi connectivity index (χ0n) is 14.5. The number of hydrogen-bond acceptors (Lipinski definition) is 3. The Bertz CT molecular complexity index is 841. The van der Waals surface area contributed by atoms with Crippen LogP contribution < -0.4 is 10.1 Å². The van der Waals surface area contributed by atoms with E-state index < -0.39 is 0 Å². The minimum atomic E-state index is 0.713.